The minimum Gasteiger partial charge on any atom is -0.0801 e. The highest BCUT2D eigenvalue weighted by Crippen LogP contribution is 2.36. The molecule has 0 heteroatoms. The second-order valence-electron chi connectivity index (χ2n) is 6.27. The molecule has 0 N–H and O–H groups in total. The van der Waals surface area contributed by atoms with Gasteiger partial charge in [0.05, 0.1) is 0 Å². The molecule has 0 aromatic heterocycles. The van der Waals surface area contributed by atoms with Crippen molar-refractivity contribution in [2.24, 2.45) is 0 Å². The van der Waals surface area contributed by atoms with Crippen molar-refractivity contribution in [1.82, 2.24) is 0 Å². The molecule has 0 heterocycles. The molecular weight excluding hydrogens is 276 g/mol. The van der Waals surface area contributed by atoms with E-state index in [1.165, 1.54) is 44.2 Å². The van der Waals surface area contributed by atoms with Crippen molar-refractivity contribution in [3.8, 4) is 11.1 Å². The minimum absolute atomic E-state index is 1.00. The van der Waals surface area contributed by atoms with E-state index in [2.05, 4.69) is 86.7 Å². The number of hydrogen-bond donors (Lipinski definition) is 0. The fourth-order valence-electron chi connectivity index (χ4n) is 3.52. The summed E-state index contributed by atoms with van der Waals surface area (Å²) in [6, 6.07) is 17.7. The highest BCUT2D eigenvalue weighted by atomic mass is 14.2. The Hall–Kier alpha value is -2.60. The number of rotatable bonds is 1. The van der Waals surface area contributed by atoms with Crippen molar-refractivity contribution in [1.29, 1.82) is 0 Å². The lowest BCUT2D eigenvalue weighted by Gasteiger charge is -2.15. The first-order chi connectivity index (χ1) is 11.3. The van der Waals surface area contributed by atoms with Gasteiger partial charge in [-0.25, -0.2) is 0 Å². The number of fused-ring (bicyclic) bond motifs is 2. The molecule has 112 valence electrons. The SMILES string of the molecule is Cc1ccc(-c2ccc(C)c3ccccc23)c2c1C=CCC=C2. The molecule has 23 heavy (non-hydrogen) atoms. The van der Waals surface area contributed by atoms with Crippen LogP contribution in [0, 0.1) is 13.8 Å². The van der Waals surface area contributed by atoms with E-state index in [9.17, 15) is 0 Å². The van der Waals surface area contributed by atoms with Crippen LogP contribution in [0.4, 0.5) is 0 Å². The zero-order valence-corrected chi connectivity index (χ0v) is 13.6. The molecule has 0 spiro atoms. The van der Waals surface area contributed by atoms with E-state index >= 15 is 0 Å². The summed E-state index contributed by atoms with van der Waals surface area (Å²) in [5.74, 6) is 0. The molecule has 0 amide bonds. The van der Waals surface area contributed by atoms with E-state index in [1.807, 2.05) is 0 Å². The van der Waals surface area contributed by atoms with Gasteiger partial charge in [0.2, 0.25) is 0 Å². The summed E-state index contributed by atoms with van der Waals surface area (Å²) < 4.78 is 0. The average molecular weight is 296 g/mol. The second-order valence-corrected chi connectivity index (χ2v) is 6.27. The van der Waals surface area contributed by atoms with Crippen molar-refractivity contribution in [2.75, 3.05) is 0 Å². The second kappa shape index (κ2) is 5.55. The summed E-state index contributed by atoms with van der Waals surface area (Å²) in [4.78, 5) is 0. The van der Waals surface area contributed by atoms with Gasteiger partial charge in [-0.3, -0.25) is 0 Å². The third kappa shape index (κ3) is 2.31. The van der Waals surface area contributed by atoms with Gasteiger partial charge >= 0.3 is 0 Å². The smallest absolute Gasteiger partial charge is 0.00990 e. The Morgan fingerprint density at radius 1 is 0.609 bits per heavy atom. The third-order valence-corrected chi connectivity index (χ3v) is 4.78. The first kappa shape index (κ1) is 14.0. The molecule has 0 radical (unpaired) electrons. The first-order valence-corrected chi connectivity index (χ1v) is 8.21. The Kier molecular flexibility index (Phi) is 3.38. The molecule has 1 aliphatic carbocycles. The molecule has 1 aliphatic rings. The summed E-state index contributed by atoms with van der Waals surface area (Å²) in [6.45, 7) is 4.38. The Morgan fingerprint density at radius 3 is 2.09 bits per heavy atom. The van der Waals surface area contributed by atoms with E-state index in [1.54, 1.807) is 0 Å². The van der Waals surface area contributed by atoms with Gasteiger partial charge in [-0.05, 0) is 64.4 Å². The van der Waals surface area contributed by atoms with E-state index in [4.69, 9.17) is 0 Å². The van der Waals surface area contributed by atoms with Crippen LogP contribution in [0.15, 0.2) is 60.7 Å². The predicted molar refractivity (Wildman–Crippen MR) is 102 cm³/mol. The van der Waals surface area contributed by atoms with E-state index in [0.29, 0.717) is 0 Å². The lowest BCUT2D eigenvalue weighted by molar-refractivity contribution is 1.42. The Bertz CT molecular complexity index is 955. The van der Waals surface area contributed by atoms with Crippen molar-refractivity contribution in [3.63, 3.8) is 0 Å². The van der Waals surface area contributed by atoms with Gasteiger partial charge in [-0.15, -0.1) is 0 Å². The summed E-state index contributed by atoms with van der Waals surface area (Å²) in [7, 11) is 0. The Labute approximate surface area is 137 Å². The van der Waals surface area contributed by atoms with Gasteiger partial charge in [0.25, 0.3) is 0 Å². The Balaban J connectivity index is 2.07. The van der Waals surface area contributed by atoms with Crippen LogP contribution in [0.3, 0.4) is 0 Å². The number of hydrogen-bond acceptors (Lipinski definition) is 0. The van der Waals surface area contributed by atoms with Crippen LogP contribution in [0.2, 0.25) is 0 Å². The van der Waals surface area contributed by atoms with Gasteiger partial charge in [-0.2, -0.15) is 0 Å². The molecule has 3 aromatic rings. The normalized spacial score (nSPS) is 13.1. The number of allylic oxidation sites excluding steroid dienone is 2. The summed E-state index contributed by atoms with van der Waals surface area (Å²) in [6.07, 6.45) is 10.0. The molecule has 0 unspecified atom stereocenters. The average Bonchev–Trinajstić information content (AvgIpc) is 2.83. The fourth-order valence-corrected chi connectivity index (χ4v) is 3.52. The van der Waals surface area contributed by atoms with Gasteiger partial charge in [-0.1, -0.05) is 72.8 Å². The molecule has 0 saturated heterocycles. The monoisotopic (exact) mass is 296 g/mol. The van der Waals surface area contributed by atoms with Crippen LogP contribution >= 0.6 is 0 Å². The molecule has 3 aromatic carbocycles. The van der Waals surface area contributed by atoms with E-state index in [0.717, 1.165) is 6.42 Å². The molecule has 0 bridgehead atoms. The van der Waals surface area contributed by atoms with Gasteiger partial charge < -0.3 is 0 Å². The third-order valence-electron chi connectivity index (χ3n) is 4.78. The molecule has 0 fully saturated rings. The van der Waals surface area contributed by atoms with E-state index in [-0.39, 0.29) is 0 Å². The largest absolute Gasteiger partial charge is 0.0801 e. The van der Waals surface area contributed by atoms with Crippen molar-refractivity contribution in [3.05, 3.63) is 82.9 Å². The summed E-state index contributed by atoms with van der Waals surface area (Å²) in [5.41, 5.74) is 8.00. The van der Waals surface area contributed by atoms with Crippen LogP contribution < -0.4 is 0 Å². The van der Waals surface area contributed by atoms with Gasteiger partial charge in [0, 0.05) is 0 Å². The molecule has 0 nitrogen and oxygen atoms in total. The van der Waals surface area contributed by atoms with Crippen LogP contribution in [0.5, 0.6) is 0 Å². The summed E-state index contributed by atoms with van der Waals surface area (Å²) >= 11 is 0. The van der Waals surface area contributed by atoms with Crippen LogP contribution in [0.25, 0.3) is 34.1 Å². The maximum absolute atomic E-state index is 2.28. The number of aryl methyl sites for hydroxylation is 2. The van der Waals surface area contributed by atoms with Crippen LogP contribution in [0.1, 0.15) is 28.7 Å². The molecular formula is C23H20. The zero-order valence-electron chi connectivity index (χ0n) is 13.6. The van der Waals surface area contributed by atoms with Crippen molar-refractivity contribution >= 4 is 22.9 Å². The van der Waals surface area contributed by atoms with Crippen molar-refractivity contribution < 1.29 is 0 Å². The standard InChI is InChI=1S/C23H20/c1-16-12-14-22(20-10-5-3-4-8-18(16)20)23-15-13-17(2)19-9-6-7-11-21(19)23/h4-15H,3H2,1-2H3. The highest BCUT2D eigenvalue weighted by Gasteiger charge is 2.13. The van der Waals surface area contributed by atoms with Gasteiger partial charge in [0.15, 0.2) is 0 Å². The quantitative estimate of drug-likeness (QED) is 0.477. The maximum Gasteiger partial charge on any atom is -0.00990 e. The lowest BCUT2D eigenvalue weighted by Crippen LogP contribution is -1.92. The fraction of sp³-hybridized carbons (Fsp3) is 0.130. The Morgan fingerprint density at radius 2 is 1.26 bits per heavy atom. The summed E-state index contributed by atoms with van der Waals surface area (Å²) in [5, 5.41) is 2.67. The van der Waals surface area contributed by atoms with E-state index < -0.39 is 0 Å². The molecule has 0 aliphatic heterocycles. The van der Waals surface area contributed by atoms with Crippen LogP contribution in [-0.2, 0) is 0 Å². The van der Waals surface area contributed by atoms with Gasteiger partial charge in [0.1, 0.15) is 0 Å². The maximum atomic E-state index is 2.28. The van der Waals surface area contributed by atoms with Crippen LogP contribution in [-0.4, -0.2) is 0 Å². The predicted octanol–water partition coefficient (Wildman–Crippen LogP) is 6.55. The number of benzene rings is 3. The first-order valence-electron chi connectivity index (χ1n) is 8.21. The molecule has 0 atom stereocenters. The molecule has 4 rings (SSSR count). The topological polar surface area (TPSA) is 0 Å². The minimum atomic E-state index is 1.00. The van der Waals surface area contributed by atoms with Crippen molar-refractivity contribution in [2.45, 2.75) is 20.3 Å². The zero-order chi connectivity index (χ0) is 15.8. The molecule has 0 saturated carbocycles. The highest BCUT2D eigenvalue weighted by molar-refractivity contribution is 6.01. The lowest BCUT2D eigenvalue weighted by atomic mass is 9.89.